The molecule has 24 heavy (non-hydrogen) atoms. The number of hydrogen-bond acceptors (Lipinski definition) is 6. The van der Waals surface area contributed by atoms with Gasteiger partial charge in [0.2, 0.25) is 5.95 Å². The normalized spacial score (nSPS) is 11.6. The minimum Gasteiger partial charge on any atom is -0.353 e. The lowest BCUT2D eigenvalue weighted by Gasteiger charge is -2.14. The summed E-state index contributed by atoms with van der Waals surface area (Å²) in [6.07, 6.45) is -2.29. The highest BCUT2D eigenvalue weighted by atomic mass is 19.4. The number of hydrogen-bond donors (Lipinski definition) is 2. The van der Waals surface area contributed by atoms with Crippen LogP contribution in [0.5, 0.6) is 0 Å². The number of benzene rings is 1. The van der Waals surface area contributed by atoms with Gasteiger partial charge in [0.15, 0.2) is 5.82 Å². The minimum atomic E-state index is -4.45. The number of nitrogens with one attached hydrogen (secondary N) is 2. The molecule has 0 bridgehead atoms. The van der Waals surface area contributed by atoms with E-state index >= 15 is 0 Å². The van der Waals surface area contributed by atoms with E-state index in [1.807, 2.05) is 19.0 Å². The number of nitrogens with zero attached hydrogens (tertiary/aromatic N) is 4. The molecule has 9 heteroatoms. The first-order valence-corrected chi connectivity index (χ1v) is 7.38. The molecule has 0 spiro atoms. The maximum atomic E-state index is 13.0. The molecule has 2 aromatic rings. The summed E-state index contributed by atoms with van der Waals surface area (Å²) in [5.41, 5.74) is -0.840. The van der Waals surface area contributed by atoms with E-state index in [2.05, 4.69) is 25.8 Å². The summed E-state index contributed by atoms with van der Waals surface area (Å²) in [4.78, 5) is 6.18. The second-order valence-corrected chi connectivity index (χ2v) is 5.42. The Morgan fingerprint density at radius 3 is 2.62 bits per heavy atom. The van der Waals surface area contributed by atoms with E-state index in [1.54, 1.807) is 0 Å². The first-order chi connectivity index (χ1) is 11.4. The Kier molecular flexibility index (Phi) is 5.91. The SMILES string of the molecule is CN(C)CCCNc1nncc(Nc2ccccc2C(F)(F)F)n1. The van der Waals surface area contributed by atoms with Crippen LogP contribution in [0.3, 0.4) is 0 Å². The molecule has 0 fully saturated rings. The highest BCUT2D eigenvalue weighted by molar-refractivity contribution is 5.61. The lowest BCUT2D eigenvalue weighted by atomic mass is 10.1. The largest absolute Gasteiger partial charge is 0.418 e. The van der Waals surface area contributed by atoms with Crippen LogP contribution in [-0.4, -0.2) is 47.3 Å². The molecule has 0 amide bonds. The Morgan fingerprint density at radius 1 is 1.17 bits per heavy atom. The second kappa shape index (κ2) is 7.91. The van der Waals surface area contributed by atoms with E-state index in [9.17, 15) is 13.2 Å². The molecule has 0 aliphatic heterocycles. The van der Waals surface area contributed by atoms with Gasteiger partial charge in [0.1, 0.15) is 0 Å². The second-order valence-electron chi connectivity index (χ2n) is 5.42. The van der Waals surface area contributed by atoms with Gasteiger partial charge in [-0.25, -0.2) is 0 Å². The van der Waals surface area contributed by atoms with Crippen molar-refractivity contribution in [2.75, 3.05) is 37.8 Å². The van der Waals surface area contributed by atoms with Crippen LogP contribution in [0.2, 0.25) is 0 Å². The molecule has 130 valence electrons. The average Bonchev–Trinajstić information content (AvgIpc) is 2.51. The maximum absolute atomic E-state index is 13.0. The molecule has 6 nitrogen and oxygen atoms in total. The van der Waals surface area contributed by atoms with Crippen molar-refractivity contribution in [3.63, 3.8) is 0 Å². The Hall–Kier alpha value is -2.42. The van der Waals surface area contributed by atoms with E-state index < -0.39 is 11.7 Å². The van der Waals surface area contributed by atoms with Crippen LogP contribution in [0.15, 0.2) is 30.5 Å². The van der Waals surface area contributed by atoms with Crippen LogP contribution in [0, 0.1) is 0 Å². The Morgan fingerprint density at radius 2 is 1.92 bits per heavy atom. The van der Waals surface area contributed by atoms with Crippen LogP contribution in [0.4, 0.5) is 30.6 Å². The Bertz CT molecular complexity index is 660. The van der Waals surface area contributed by atoms with E-state index in [-0.39, 0.29) is 17.5 Å². The van der Waals surface area contributed by atoms with Crippen molar-refractivity contribution in [3.05, 3.63) is 36.0 Å². The number of alkyl halides is 3. The molecule has 0 saturated heterocycles. The van der Waals surface area contributed by atoms with Gasteiger partial charge in [-0.2, -0.15) is 23.3 Å². The van der Waals surface area contributed by atoms with Gasteiger partial charge in [-0.3, -0.25) is 0 Å². The molecular weight excluding hydrogens is 321 g/mol. The zero-order chi connectivity index (χ0) is 17.6. The number of anilines is 3. The van der Waals surface area contributed by atoms with Crippen molar-refractivity contribution in [3.8, 4) is 0 Å². The standard InChI is InChI=1S/C15H19F3N6/c1-24(2)9-5-8-19-14-22-13(10-20-23-14)21-12-7-4-3-6-11(12)15(16,17)18/h3-4,6-7,10H,5,8-9H2,1-2H3,(H2,19,21,22,23). The number of aromatic nitrogens is 3. The third-order valence-electron chi connectivity index (χ3n) is 3.12. The third-order valence-corrected chi connectivity index (χ3v) is 3.12. The number of para-hydroxylation sites is 1. The number of halogens is 3. The number of rotatable bonds is 7. The van der Waals surface area contributed by atoms with Crippen LogP contribution >= 0.6 is 0 Å². The van der Waals surface area contributed by atoms with Gasteiger partial charge in [0.05, 0.1) is 17.4 Å². The predicted molar refractivity (Wildman–Crippen MR) is 86.2 cm³/mol. The molecule has 0 atom stereocenters. The summed E-state index contributed by atoms with van der Waals surface area (Å²) in [6.45, 7) is 1.54. The van der Waals surface area contributed by atoms with Crippen molar-refractivity contribution < 1.29 is 13.2 Å². The fourth-order valence-electron chi connectivity index (χ4n) is 2.01. The molecule has 0 radical (unpaired) electrons. The fourth-order valence-corrected chi connectivity index (χ4v) is 2.01. The lowest BCUT2D eigenvalue weighted by molar-refractivity contribution is -0.136. The highest BCUT2D eigenvalue weighted by Crippen LogP contribution is 2.35. The van der Waals surface area contributed by atoms with E-state index in [0.29, 0.717) is 6.54 Å². The van der Waals surface area contributed by atoms with Gasteiger partial charge in [-0.1, -0.05) is 12.1 Å². The van der Waals surface area contributed by atoms with Gasteiger partial charge in [0.25, 0.3) is 0 Å². The van der Waals surface area contributed by atoms with Crippen molar-refractivity contribution in [2.45, 2.75) is 12.6 Å². The zero-order valence-electron chi connectivity index (χ0n) is 13.4. The van der Waals surface area contributed by atoms with Crippen LogP contribution < -0.4 is 10.6 Å². The van der Waals surface area contributed by atoms with Crippen LogP contribution in [0.1, 0.15) is 12.0 Å². The Labute approximate surface area is 138 Å². The van der Waals surface area contributed by atoms with Crippen LogP contribution in [0.25, 0.3) is 0 Å². The summed E-state index contributed by atoms with van der Waals surface area (Å²) < 4.78 is 39.0. The molecule has 1 aromatic carbocycles. The molecule has 0 aliphatic carbocycles. The third kappa shape index (κ3) is 5.34. The Balaban J connectivity index is 2.05. The molecule has 0 unspecified atom stereocenters. The van der Waals surface area contributed by atoms with Crippen LogP contribution in [-0.2, 0) is 6.18 Å². The summed E-state index contributed by atoms with van der Waals surface area (Å²) >= 11 is 0. The van der Waals surface area contributed by atoms with Crippen molar-refractivity contribution in [2.24, 2.45) is 0 Å². The summed E-state index contributed by atoms with van der Waals surface area (Å²) in [7, 11) is 3.95. The monoisotopic (exact) mass is 340 g/mol. The van der Waals surface area contributed by atoms with E-state index in [1.165, 1.54) is 24.4 Å². The van der Waals surface area contributed by atoms with Gasteiger partial charge < -0.3 is 15.5 Å². The highest BCUT2D eigenvalue weighted by Gasteiger charge is 2.33. The molecular formula is C15H19F3N6. The molecule has 0 saturated carbocycles. The predicted octanol–water partition coefficient (Wildman–Crippen LogP) is 3.00. The minimum absolute atomic E-state index is 0.0796. The molecule has 2 N–H and O–H groups in total. The smallest absolute Gasteiger partial charge is 0.353 e. The molecule has 1 heterocycles. The maximum Gasteiger partial charge on any atom is 0.418 e. The lowest BCUT2D eigenvalue weighted by Crippen LogP contribution is -2.17. The van der Waals surface area contributed by atoms with E-state index in [4.69, 9.17) is 0 Å². The first kappa shape index (κ1) is 17.9. The van der Waals surface area contributed by atoms with Gasteiger partial charge in [-0.05, 0) is 39.2 Å². The molecule has 0 aliphatic rings. The summed E-state index contributed by atoms with van der Waals surface area (Å²) in [5, 5.41) is 13.2. The topological polar surface area (TPSA) is 66.0 Å². The van der Waals surface area contributed by atoms with Gasteiger partial charge in [0, 0.05) is 6.54 Å². The fraction of sp³-hybridized carbons (Fsp3) is 0.400. The zero-order valence-corrected chi connectivity index (χ0v) is 13.4. The molecule has 2 rings (SSSR count). The quantitative estimate of drug-likeness (QED) is 0.756. The van der Waals surface area contributed by atoms with E-state index in [0.717, 1.165) is 19.0 Å². The van der Waals surface area contributed by atoms with Gasteiger partial charge >= 0.3 is 6.18 Å². The first-order valence-electron chi connectivity index (χ1n) is 7.38. The van der Waals surface area contributed by atoms with Crippen molar-refractivity contribution in [1.82, 2.24) is 20.1 Å². The summed E-state index contributed by atoms with van der Waals surface area (Å²) in [6, 6.07) is 5.21. The summed E-state index contributed by atoms with van der Waals surface area (Å²) in [5.74, 6) is 0.458. The van der Waals surface area contributed by atoms with Crippen molar-refractivity contribution >= 4 is 17.5 Å². The van der Waals surface area contributed by atoms with Gasteiger partial charge in [-0.15, -0.1) is 5.10 Å². The average molecular weight is 340 g/mol. The molecule has 1 aromatic heterocycles. The van der Waals surface area contributed by atoms with Crippen molar-refractivity contribution in [1.29, 1.82) is 0 Å².